The smallest absolute Gasteiger partial charge is 0.272 e. The molecule has 132 valence electrons. The third kappa shape index (κ3) is 3.23. The molecular weight excluding hydrogens is 334 g/mol. The second-order valence-corrected chi connectivity index (χ2v) is 6.01. The lowest BCUT2D eigenvalue weighted by Crippen LogP contribution is -2.28. The van der Waals surface area contributed by atoms with Crippen LogP contribution in [0.3, 0.4) is 0 Å². The summed E-state index contributed by atoms with van der Waals surface area (Å²) in [5.74, 6) is 1.34. The third-order valence-corrected chi connectivity index (χ3v) is 4.28. The molecule has 0 unspecified atom stereocenters. The molecule has 2 N–H and O–H groups in total. The number of H-pyrrole nitrogens is 1. The number of nitrogens with zero attached hydrogens (tertiary/aromatic N) is 1. The van der Waals surface area contributed by atoms with Crippen molar-refractivity contribution in [1.82, 2.24) is 15.5 Å². The number of hydrogen-bond acceptors (Lipinski definition) is 5. The van der Waals surface area contributed by atoms with E-state index >= 15 is 0 Å². The minimum absolute atomic E-state index is 0.110. The lowest BCUT2D eigenvalue weighted by atomic mass is 10.1. The maximum atomic E-state index is 12.2. The summed E-state index contributed by atoms with van der Waals surface area (Å²) in [6.07, 6.45) is 0.792. The fourth-order valence-electron chi connectivity index (χ4n) is 2.96. The van der Waals surface area contributed by atoms with Gasteiger partial charge in [0.2, 0.25) is 12.7 Å². The Bertz CT molecular complexity index is 1030. The summed E-state index contributed by atoms with van der Waals surface area (Å²) in [6.45, 7) is 0.745. The Morgan fingerprint density at radius 3 is 2.81 bits per heavy atom. The van der Waals surface area contributed by atoms with Crippen molar-refractivity contribution >= 4 is 16.7 Å². The van der Waals surface area contributed by atoms with Crippen molar-refractivity contribution in [1.29, 1.82) is 0 Å². The van der Waals surface area contributed by atoms with E-state index in [0.717, 1.165) is 17.1 Å². The van der Waals surface area contributed by atoms with E-state index in [1.165, 1.54) is 0 Å². The molecule has 7 heteroatoms. The van der Waals surface area contributed by atoms with Gasteiger partial charge < -0.3 is 14.8 Å². The Morgan fingerprint density at radius 2 is 1.92 bits per heavy atom. The van der Waals surface area contributed by atoms with Crippen LogP contribution in [0.2, 0.25) is 0 Å². The first kappa shape index (κ1) is 16.1. The van der Waals surface area contributed by atoms with Crippen LogP contribution in [0.25, 0.3) is 10.8 Å². The highest BCUT2D eigenvalue weighted by molar-refractivity contribution is 5.88. The van der Waals surface area contributed by atoms with Gasteiger partial charge in [0, 0.05) is 11.9 Å². The van der Waals surface area contributed by atoms with Crippen LogP contribution in [-0.4, -0.2) is 29.4 Å². The van der Waals surface area contributed by atoms with Crippen molar-refractivity contribution in [2.45, 2.75) is 12.8 Å². The highest BCUT2D eigenvalue weighted by Crippen LogP contribution is 2.32. The second kappa shape index (κ2) is 6.87. The normalized spacial score (nSPS) is 12.3. The fourth-order valence-corrected chi connectivity index (χ4v) is 2.96. The molecule has 0 aliphatic carbocycles. The Morgan fingerprint density at radius 1 is 1.12 bits per heavy atom. The zero-order valence-electron chi connectivity index (χ0n) is 14.0. The number of aromatic amines is 1. The lowest BCUT2D eigenvalue weighted by Gasteiger charge is -2.07. The number of aromatic nitrogens is 2. The van der Waals surface area contributed by atoms with Gasteiger partial charge in [-0.2, -0.15) is 5.10 Å². The van der Waals surface area contributed by atoms with E-state index in [9.17, 15) is 9.59 Å². The van der Waals surface area contributed by atoms with Crippen molar-refractivity contribution in [3.63, 3.8) is 0 Å². The van der Waals surface area contributed by atoms with Gasteiger partial charge in [-0.3, -0.25) is 9.59 Å². The summed E-state index contributed by atoms with van der Waals surface area (Å²) in [6, 6.07) is 12.9. The first-order valence-electron chi connectivity index (χ1n) is 8.32. The van der Waals surface area contributed by atoms with E-state index in [2.05, 4.69) is 15.5 Å². The highest BCUT2D eigenvalue weighted by atomic mass is 16.7. The molecule has 0 fully saturated rings. The van der Waals surface area contributed by atoms with Crippen molar-refractivity contribution in [2.75, 3.05) is 13.3 Å². The largest absolute Gasteiger partial charge is 0.454 e. The number of carbonyl (C=O) groups excluding carboxylic acids is 1. The zero-order valence-corrected chi connectivity index (χ0v) is 14.0. The minimum atomic E-state index is -0.257. The number of fused-ring (bicyclic) bond motifs is 2. The van der Waals surface area contributed by atoms with Crippen molar-refractivity contribution in [2.24, 2.45) is 0 Å². The topological polar surface area (TPSA) is 93.3 Å². The average Bonchev–Trinajstić information content (AvgIpc) is 3.12. The second-order valence-electron chi connectivity index (χ2n) is 6.01. The molecule has 7 nitrogen and oxygen atoms in total. The molecule has 0 spiro atoms. The average molecular weight is 351 g/mol. The van der Waals surface area contributed by atoms with Crippen molar-refractivity contribution in [3.8, 4) is 11.5 Å². The summed E-state index contributed by atoms with van der Waals surface area (Å²) in [5, 5.41) is 10.6. The first-order valence-corrected chi connectivity index (χ1v) is 8.32. The molecule has 2 aromatic carbocycles. The Balaban J connectivity index is 1.37. The van der Waals surface area contributed by atoms with Gasteiger partial charge >= 0.3 is 0 Å². The first-order chi connectivity index (χ1) is 12.7. The molecule has 3 aromatic rings. The molecule has 0 saturated heterocycles. The van der Waals surface area contributed by atoms with E-state index < -0.39 is 0 Å². The SMILES string of the molecule is O=C(Cc1n[nH]c(=O)c2ccccc12)NCCc1ccc2c(c1)OCO2. The van der Waals surface area contributed by atoms with E-state index in [4.69, 9.17) is 9.47 Å². The van der Waals surface area contributed by atoms with Crippen LogP contribution in [0.4, 0.5) is 0 Å². The molecule has 0 bridgehead atoms. The number of rotatable bonds is 5. The molecule has 0 radical (unpaired) electrons. The third-order valence-electron chi connectivity index (χ3n) is 4.28. The van der Waals surface area contributed by atoms with Gasteiger partial charge in [-0.05, 0) is 30.2 Å². The predicted octanol–water partition coefficient (Wildman–Crippen LogP) is 1.55. The van der Waals surface area contributed by atoms with Crippen LogP contribution in [-0.2, 0) is 17.6 Å². The fraction of sp³-hybridized carbons (Fsp3) is 0.211. The van der Waals surface area contributed by atoms with Crippen LogP contribution in [0.5, 0.6) is 11.5 Å². The molecule has 1 aliphatic heterocycles. The number of ether oxygens (including phenoxy) is 2. The number of amides is 1. The molecule has 1 aliphatic rings. The molecule has 1 amide bonds. The van der Waals surface area contributed by atoms with Crippen LogP contribution in [0, 0.1) is 0 Å². The van der Waals surface area contributed by atoms with Crippen LogP contribution >= 0.6 is 0 Å². The molecule has 1 aromatic heterocycles. The van der Waals surface area contributed by atoms with Gasteiger partial charge in [-0.15, -0.1) is 0 Å². The molecule has 26 heavy (non-hydrogen) atoms. The maximum Gasteiger partial charge on any atom is 0.272 e. The number of carbonyl (C=O) groups is 1. The summed E-state index contributed by atoms with van der Waals surface area (Å²) in [5.41, 5.74) is 1.36. The highest BCUT2D eigenvalue weighted by Gasteiger charge is 2.14. The van der Waals surface area contributed by atoms with Gasteiger partial charge in [0.1, 0.15) is 0 Å². The quantitative estimate of drug-likeness (QED) is 0.727. The summed E-state index contributed by atoms with van der Waals surface area (Å²) in [7, 11) is 0. The van der Waals surface area contributed by atoms with E-state index in [0.29, 0.717) is 29.4 Å². The zero-order chi connectivity index (χ0) is 17.9. The Labute approximate surface area is 148 Å². The minimum Gasteiger partial charge on any atom is -0.454 e. The molecule has 2 heterocycles. The summed E-state index contributed by atoms with van der Waals surface area (Å²) < 4.78 is 10.6. The van der Waals surface area contributed by atoms with Gasteiger partial charge in [0.05, 0.1) is 17.5 Å². The van der Waals surface area contributed by atoms with Gasteiger partial charge in [-0.25, -0.2) is 5.10 Å². The predicted molar refractivity (Wildman–Crippen MR) is 95.3 cm³/mol. The van der Waals surface area contributed by atoms with Gasteiger partial charge in [0.25, 0.3) is 5.56 Å². The van der Waals surface area contributed by atoms with Crippen LogP contribution in [0.15, 0.2) is 47.3 Å². The lowest BCUT2D eigenvalue weighted by molar-refractivity contribution is -0.120. The maximum absolute atomic E-state index is 12.2. The van der Waals surface area contributed by atoms with Crippen LogP contribution in [0.1, 0.15) is 11.3 Å². The van der Waals surface area contributed by atoms with Crippen LogP contribution < -0.4 is 20.3 Å². The standard InChI is InChI=1S/C19H17N3O4/c23-18(10-15-13-3-1-2-4-14(13)19(24)22-21-15)20-8-7-12-5-6-16-17(9-12)26-11-25-16/h1-6,9H,7-8,10-11H2,(H,20,23)(H,22,24). The summed E-state index contributed by atoms with van der Waals surface area (Å²) >= 11 is 0. The van der Waals surface area contributed by atoms with Gasteiger partial charge in [-0.1, -0.05) is 24.3 Å². The number of benzene rings is 2. The molecule has 4 rings (SSSR count). The molecular formula is C19H17N3O4. The van der Waals surface area contributed by atoms with E-state index in [-0.39, 0.29) is 24.7 Å². The van der Waals surface area contributed by atoms with Crippen molar-refractivity contribution < 1.29 is 14.3 Å². The Hall–Kier alpha value is -3.35. The van der Waals surface area contributed by atoms with E-state index in [1.54, 1.807) is 18.2 Å². The molecule has 0 atom stereocenters. The summed E-state index contributed by atoms with van der Waals surface area (Å²) in [4.78, 5) is 24.0. The van der Waals surface area contributed by atoms with Crippen molar-refractivity contribution in [3.05, 3.63) is 64.1 Å². The van der Waals surface area contributed by atoms with Gasteiger partial charge in [0.15, 0.2) is 11.5 Å². The Kier molecular flexibility index (Phi) is 4.27. The monoisotopic (exact) mass is 351 g/mol. The number of nitrogens with one attached hydrogen (secondary N) is 2. The molecule has 0 saturated carbocycles. The van der Waals surface area contributed by atoms with E-state index in [1.807, 2.05) is 24.3 Å². The number of hydrogen-bond donors (Lipinski definition) is 2.